The molecule has 2 N–H and O–H groups in total. The van der Waals surface area contributed by atoms with Gasteiger partial charge in [-0.2, -0.15) is 5.10 Å². The van der Waals surface area contributed by atoms with Gasteiger partial charge >= 0.3 is 5.97 Å². The number of hydrogen-bond donors (Lipinski definition) is 2. The molecule has 0 fully saturated rings. The molecule has 0 bridgehead atoms. The van der Waals surface area contributed by atoms with E-state index in [4.69, 9.17) is 5.11 Å². The van der Waals surface area contributed by atoms with E-state index >= 15 is 0 Å². The normalized spacial score (nSPS) is 10.5. The van der Waals surface area contributed by atoms with E-state index in [0.29, 0.717) is 5.56 Å². The number of rotatable bonds is 3. The van der Waals surface area contributed by atoms with E-state index in [-0.39, 0.29) is 6.42 Å². The largest absolute Gasteiger partial charge is 0.481 e. The minimum absolute atomic E-state index is 0.0125. The third-order valence-corrected chi connectivity index (χ3v) is 3.58. The van der Waals surface area contributed by atoms with Gasteiger partial charge in [0, 0.05) is 15.4 Å². The molecule has 0 aliphatic rings. The first-order valence-electron chi connectivity index (χ1n) is 4.15. The molecule has 0 saturated heterocycles. The van der Waals surface area contributed by atoms with Crippen LogP contribution in [0.1, 0.15) is 5.56 Å². The molecule has 4 nitrogen and oxygen atoms in total. The Kier molecular flexibility index (Phi) is 2.88. The lowest BCUT2D eigenvalue weighted by molar-refractivity contribution is -0.136. The molecule has 2 heterocycles. The molecule has 6 heteroatoms. The Bertz CT molecular complexity index is 492. The van der Waals surface area contributed by atoms with Gasteiger partial charge in [-0.1, -0.05) is 0 Å². The van der Waals surface area contributed by atoms with Crippen molar-refractivity contribution >= 4 is 33.2 Å². The number of nitrogens with one attached hydrogen (secondary N) is 1. The Labute approximate surface area is 98.1 Å². The van der Waals surface area contributed by atoms with E-state index in [1.165, 1.54) is 11.3 Å². The molecule has 0 atom stereocenters. The Hall–Kier alpha value is -1.14. The molecular formula is C9H7BrN2O2S. The molecule has 0 aliphatic heterocycles. The van der Waals surface area contributed by atoms with Crippen molar-refractivity contribution < 1.29 is 9.90 Å². The van der Waals surface area contributed by atoms with Crippen LogP contribution < -0.4 is 0 Å². The molecule has 0 radical (unpaired) electrons. The molecule has 0 aliphatic carbocycles. The number of nitrogens with zero attached hydrogens (tertiary/aromatic N) is 1. The number of hydrogen-bond acceptors (Lipinski definition) is 3. The average Bonchev–Trinajstić information content (AvgIpc) is 2.72. The van der Waals surface area contributed by atoms with Crippen LogP contribution in [0.5, 0.6) is 0 Å². The second-order valence-electron chi connectivity index (χ2n) is 2.97. The molecule has 2 rings (SSSR count). The zero-order valence-corrected chi connectivity index (χ0v) is 9.93. The Morgan fingerprint density at radius 1 is 1.67 bits per heavy atom. The maximum atomic E-state index is 10.6. The van der Waals surface area contributed by atoms with Crippen LogP contribution in [0.25, 0.3) is 10.6 Å². The summed E-state index contributed by atoms with van der Waals surface area (Å²) in [6.07, 6.45) is 1.54. The van der Waals surface area contributed by atoms with Crippen LogP contribution in [0.15, 0.2) is 22.1 Å². The van der Waals surface area contributed by atoms with Gasteiger partial charge in [0.1, 0.15) is 0 Å². The number of carboxylic acids is 1. The van der Waals surface area contributed by atoms with Crippen molar-refractivity contribution in [2.75, 3.05) is 0 Å². The number of aromatic amines is 1. The summed E-state index contributed by atoms with van der Waals surface area (Å²) in [7, 11) is 0. The first kappa shape index (κ1) is 10.4. The van der Waals surface area contributed by atoms with Crippen molar-refractivity contribution in [1.29, 1.82) is 0 Å². The van der Waals surface area contributed by atoms with Crippen LogP contribution in [-0.4, -0.2) is 21.3 Å². The maximum absolute atomic E-state index is 10.6. The van der Waals surface area contributed by atoms with Crippen LogP contribution in [0.4, 0.5) is 0 Å². The molecular weight excluding hydrogens is 280 g/mol. The van der Waals surface area contributed by atoms with Crippen molar-refractivity contribution in [2.24, 2.45) is 0 Å². The van der Waals surface area contributed by atoms with Gasteiger partial charge in [0.15, 0.2) is 0 Å². The van der Waals surface area contributed by atoms with Crippen LogP contribution >= 0.6 is 27.3 Å². The predicted octanol–water partition coefficient (Wildman–Crippen LogP) is 2.53. The summed E-state index contributed by atoms with van der Waals surface area (Å²) >= 11 is 4.89. The molecule has 0 amide bonds. The number of H-pyrrole nitrogens is 1. The summed E-state index contributed by atoms with van der Waals surface area (Å²) in [6.45, 7) is 0. The zero-order valence-electron chi connectivity index (χ0n) is 7.53. The molecule has 78 valence electrons. The summed E-state index contributed by atoms with van der Waals surface area (Å²) in [5, 5.41) is 17.3. The lowest BCUT2D eigenvalue weighted by Crippen LogP contribution is -1.99. The van der Waals surface area contributed by atoms with E-state index in [2.05, 4.69) is 26.1 Å². The van der Waals surface area contributed by atoms with Crippen LogP contribution in [0.2, 0.25) is 0 Å². The van der Waals surface area contributed by atoms with Crippen LogP contribution in [0.3, 0.4) is 0 Å². The number of aromatic nitrogens is 2. The second kappa shape index (κ2) is 4.16. The highest BCUT2D eigenvalue weighted by atomic mass is 79.9. The molecule has 0 unspecified atom stereocenters. The highest BCUT2D eigenvalue weighted by molar-refractivity contribution is 9.10. The summed E-state index contributed by atoms with van der Waals surface area (Å²) in [5.41, 5.74) is 1.49. The minimum Gasteiger partial charge on any atom is -0.481 e. The topological polar surface area (TPSA) is 66.0 Å². The van der Waals surface area contributed by atoms with Gasteiger partial charge in [-0.15, -0.1) is 11.3 Å². The minimum atomic E-state index is -0.853. The molecule has 0 saturated carbocycles. The van der Waals surface area contributed by atoms with E-state index < -0.39 is 5.97 Å². The highest BCUT2D eigenvalue weighted by Gasteiger charge is 2.12. The van der Waals surface area contributed by atoms with Crippen molar-refractivity contribution in [2.45, 2.75) is 6.42 Å². The van der Waals surface area contributed by atoms with Crippen molar-refractivity contribution in [3.8, 4) is 10.6 Å². The van der Waals surface area contributed by atoms with E-state index in [1.807, 2.05) is 11.4 Å². The standard InChI is InChI=1S/C9H7BrN2O2S/c10-6-2-7(15-4-6)9-5(1-8(13)14)3-11-12-9/h2-4H,1H2,(H,11,12)(H,13,14). The fourth-order valence-corrected chi connectivity index (χ4v) is 2.72. The lowest BCUT2D eigenvalue weighted by atomic mass is 10.1. The highest BCUT2D eigenvalue weighted by Crippen LogP contribution is 2.30. The van der Waals surface area contributed by atoms with Crippen LogP contribution in [0, 0.1) is 0 Å². The SMILES string of the molecule is O=C(O)Cc1cn[nH]c1-c1cc(Br)cs1. The average molecular weight is 287 g/mol. The summed E-state index contributed by atoms with van der Waals surface area (Å²) in [5.74, 6) is -0.853. The Morgan fingerprint density at radius 2 is 2.47 bits per heavy atom. The van der Waals surface area contributed by atoms with E-state index in [1.54, 1.807) is 6.20 Å². The first-order chi connectivity index (χ1) is 7.16. The predicted molar refractivity (Wildman–Crippen MR) is 60.9 cm³/mol. The van der Waals surface area contributed by atoms with Crippen molar-refractivity contribution in [3.63, 3.8) is 0 Å². The number of thiophene rings is 1. The third-order valence-electron chi connectivity index (χ3n) is 1.87. The molecule has 2 aromatic heterocycles. The Morgan fingerprint density at radius 3 is 3.07 bits per heavy atom. The van der Waals surface area contributed by atoms with E-state index in [0.717, 1.165) is 15.0 Å². The third kappa shape index (κ3) is 2.27. The van der Waals surface area contributed by atoms with E-state index in [9.17, 15) is 4.79 Å². The van der Waals surface area contributed by atoms with Gasteiger partial charge in [0.2, 0.25) is 0 Å². The molecule has 15 heavy (non-hydrogen) atoms. The van der Waals surface area contributed by atoms with Gasteiger partial charge in [-0.25, -0.2) is 0 Å². The van der Waals surface area contributed by atoms with Crippen LogP contribution in [-0.2, 0) is 11.2 Å². The van der Waals surface area contributed by atoms with Gasteiger partial charge in [-0.3, -0.25) is 9.89 Å². The van der Waals surface area contributed by atoms with Gasteiger partial charge in [-0.05, 0) is 22.0 Å². The number of aliphatic carboxylic acids is 1. The maximum Gasteiger partial charge on any atom is 0.307 e. The molecule has 0 spiro atoms. The van der Waals surface area contributed by atoms with Gasteiger partial charge < -0.3 is 5.11 Å². The smallest absolute Gasteiger partial charge is 0.307 e. The van der Waals surface area contributed by atoms with Crippen molar-refractivity contribution in [1.82, 2.24) is 10.2 Å². The first-order valence-corrected chi connectivity index (χ1v) is 5.82. The second-order valence-corrected chi connectivity index (χ2v) is 4.80. The zero-order chi connectivity index (χ0) is 10.8. The number of carbonyl (C=O) groups is 1. The van der Waals surface area contributed by atoms with Gasteiger partial charge in [0.25, 0.3) is 0 Å². The van der Waals surface area contributed by atoms with Gasteiger partial charge in [0.05, 0.1) is 23.2 Å². The monoisotopic (exact) mass is 286 g/mol. The van der Waals surface area contributed by atoms with Crippen molar-refractivity contribution in [3.05, 3.63) is 27.7 Å². The molecule has 0 aromatic carbocycles. The fourth-order valence-electron chi connectivity index (χ4n) is 1.27. The molecule has 2 aromatic rings. The Balaban J connectivity index is 2.36. The fraction of sp³-hybridized carbons (Fsp3) is 0.111. The lowest BCUT2D eigenvalue weighted by Gasteiger charge is -1.96. The number of carboxylic acid groups (broad SMARTS) is 1. The summed E-state index contributed by atoms with van der Waals surface area (Å²) in [6, 6.07) is 1.93. The summed E-state index contributed by atoms with van der Waals surface area (Å²) in [4.78, 5) is 11.6. The summed E-state index contributed by atoms with van der Waals surface area (Å²) < 4.78 is 0.985. The number of halogens is 1. The quantitative estimate of drug-likeness (QED) is 0.911.